The van der Waals surface area contributed by atoms with Gasteiger partial charge in [-0.1, -0.05) is 12.1 Å². The Morgan fingerprint density at radius 1 is 1.03 bits per heavy atom. The van der Waals surface area contributed by atoms with E-state index >= 15 is 0 Å². The van der Waals surface area contributed by atoms with Crippen molar-refractivity contribution in [2.45, 2.75) is 11.4 Å². The quantitative estimate of drug-likeness (QED) is 0.505. The van der Waals surface area contributed by atoms with Gasteiger partial charge in [0.25, 0.3) is 5.88 Å². The van der Waals surface area contributed by atoms with Gasteiger partial charge in [0.2, 0.25) is 0 Å². The number of para-hydroxylation sites is 1. The van der Waals surface area contributed by atoms with E-state index in [1.54, 1.807) is 30.3 Å². The lowest BCUT2D eigenvalue weighted by atomic mass is 10.1. The first-order chi connectivity index (χ1) is 14.9. The fourth-order valence-corrected chi connectivity index (χ4v) is 4.13. The van der Waals surface area contributed by atoms with E-state index in [9.17, 15) is 18.0 Å². The van der Waals surface area contributed by atoms with E-state index in [0.29, 0.717) is 34.2 Å². The highest BCUT2D eigenvalue weighted by molar-refractivity contribution is 8.01. The number of pyridine rings is 1. The molecule has 2 amide bonds. The average Bonchev–Trinajstić information content (AvgIpc) is 2.76. The molecule has 0 atom stereocenters. The molecule has 0 unspecified atom stereocenters. The number of carbonyl (C=O) groups excluding carboxylic acids is 1. The number of hydrogen-bond acceptors (Lipinski definition) is 5. The minimum Gasteiger partial charge on any atom is -0.491 e. The van der Waals surface area contributed by atoms with Crippen LogP contribution in [0, 0.1) is 17.5 Å². The Labute approximate surface area is 180 Å². The van der Waals surface area contributed by atoms with E-state index in [0.717, 1.165) is 11.9 Å². The number of ether oxygens (including phenoxy) is 2. The van der Waals surface area contributed by atoms with Crippen LogP contribution in [0.15, 0.2) is 53.6 Å². The number of fused-ring (bicyclic) bond motifs is 1. The predicted molar refractivity (Wildman–Crippen MR) is 110 cm³/mol. The van der Waals surface area contributed by atoms with Gasteiger partial charge < -0.3 is 9.47 Å². The number of halogens is 3. The molecule has 3 aromatic rings. The maximum absolute atomic E-state index is 14.3. The molecule has 4 rings (SSSR count). The molecule has 1 aliphatic heterocycles. The van der Waals surface area contributed by atoms with E-state index in [4.69, 9.17) is 9.47 Å². The molecular formula is C21H16F3N3O3S. The minimum absolute atomic E-state index is 0.244. The molecule has 1 aliphatic rings. The zero-order valence-corrected chi connectivity index (χ0v) is 17.3. The topological polar surface area (TPSA) is 54.9 Å². The van der Waals surface area contributed by atoms with Crippen LogP contribution in [0.5, 0.6) is 11.6 Å². The molecule has 0 spiro atoms. The summed E-state index contributed by atoms with van der Waals surface area (Å²) < 4.78 is 53.6. The molecule has 0 aliphatic carbocycles. The maximum atomic E-state index is 14.3. The number of hydrogen-bond donors (Lipinski definition) is 0. The molecule has 10 heteroatoms. The first-order valence-corrected chi connectivity index (χ1v) is 9.80. The largest absolute Gasteiger partial charge is 0.491 e. The number of anilines is 2. The number of carbonyl (C=O) groups is 1. The van der Waals surface area contributed by atoms with Gasteiger partial charge in [0.15, 0.2) is 5.75 Å². The zero-order valence-electron chi connectivity index (χ0n) is 16.4. The molecule has 6 nitrogen and oxygen atoms in total. The Morgan fingerprint density at radius 3 is 2.42 bits per heavy atom. The molecule has 0 radical (unpaired) electrons. The molecule has 31 heavy (non-hydrogen) atoms. The predicted octanol–water partition coefficient (Wildman–Crippen LogP) is 5.17. The lowest BCUT2D eigenvalue weighted by Gasteiger charge is -2.36. The van der Waals surface area contributed by atoms with Crippen LogP contribution in [0.25, 0.3) is 0 Å². The van der Waals surface area contributed by atoms with Crippen molar-refractivity contribution in [1.82, 2.24) is 4.98 Å². The Balaban J connectivity index is 1.77. The van der Waals surface area contributed by atoms with E-state index in [-0.39, 0.29) is 5.88 Å². The molecular weight excluding hydrogens is 431 g/mol. The van der Waals surface area contributed by atoms with E-state index in [1.807, 2.05) is 0 Å². The minimum atomic E-state index is -1.07. The summed E-state index contributed by atoms with van der Waals surface area (Å²) in [5.41, 5.74) is 0.444. The molecule has 0 saturated heterocycles. The van der Waals surface area contributed by atoms with Gasteiger partial charge in [-0.2, -0.15) is 0 Å². The van der Waals surface area contributed by atoms with Gasteiger partial charge in [0, 0.05) is 23.8 Å². The summed E-state index contributed by atoms with van der Waals surface area (Å²) in [6.07, 6.45) is 1.43. The Morgan fingerprint density at radius 2 is 1.74 bits per heavy atom. The summed E-state index contributed by atoms with van der Waals surface area (Å²) in [6, 6.07) is 9.13. The second-order valence-corrected chi connectivity index (χ2v) is 7.46. The Hall–Kier alpha value is -3.40. The smallest absolute Gasteiger partial charge is 0.339 e. The highest BCUT2D eigenvalue weighted by Gasteiger charge is 2.34. The molecule has 160 valence electrons. The van der Waals surface area contributed by atoms with Crippen molar-refractivity contribution in [3.05, 3.63) is 71.7 Å². The third-order valence-corrected chi connectivity index (χ3v) is 5.72. The normalized spacial score (nSPS) is 13.3. The second kappa shape index (κ2) is 8.38. The third kappa shape index (κ3) is 3.86. The number of amides is 2. The van der Waals surface area contributed by atoms with Gasteiger partial charge in [-0.15, -0.1) is 0 Å². The zero-order chi connectivity index (χ0) is 22.1. The summed E-state index contributed by atoms with van der Waals surface area (Å²) in [6.45, 7) is -0.425. The van der Waals surface area contributed by atoms with Crippen LogP contribution < -0.4 is 18.7 Å². The summed E-state index contributed by atoms with van der Waals surface area (Å²) in [5.74, 6) is -2.61. The van der Waals surface area contributed by atoms with Crippen LogP contribution in [0.4, 0.5) is 29.3 Å². The van der Waals surface area contributed by atoms with Gasteiger partial charge in [-0.05, 0) is 24.1 Å². The van der Waals surface area contributed by atoms with Gasteiger partial charge in [-0.3, -0.25) is 4.90 Å². The van der Waals surface area contributed by atoms with E-state index in [1.165, 1.54) is 29.6 Å². The summed E-state index contributed by atoms with van der Waals surface area (Å²) in [4.78, 5) is 19.4. The van der Waals surface area contributed by atoms with Crippen molar-refractivity contribution in [2.24, 2.45) is 0 Å². The first kappa shape index (κ1) is 20.9. The standard InChI is InChI=1S/C21H16F3N3O3S/c1-29-18-9-13(10-25-20(18)30-2)27-21(28)26(17-5-3-4-6-19(17)31-27)11-14-15(23)7-12(22)8-16(14)24/h3-10H,11H2,1-2H3. The van der Waals surface area contributed by atoms with Crippen molar-refractivity contribution in [1.29, 1.82) is 0 Å². The number of nitrogens with zero attached hydrogens (tertiary/aromatic N) is 3. The number of rotatable bonds is 5. The molecule has 0 bridgehead atoms. The van der Waals surface area contributed by atoms with Gasteiger partial charge in [0.1, 0.15) is 17.5 Å². The first-order valence-electron chi connectivity index (χ1n) is 9.03. The fraction of sp³-hybridized carbons (Fsp3) is 0.143. The maximum Gasteiger partial charge on any atom is 0.339 e. The number of aromatic nitrogens is 1. The highest BCUT2D eigenvalue weighted by Crippen LogP contribution is 2.43. The molecule has 2 aromatic carbocycles. The van der Waals surface area contributed by atoms with Crippen LogP contribution in [-0.2, 0) is 6.54 Å². The highest BCUT2D eigenvalue weighted by atomic mass is 32.2. The Kier molecular flexibility index (Phi) is 5.64. The van der Waals surface area contributed by atoms with Crippen LogP contribution >= 0.6 is 11.9 Å². The lowest BCUT2D eigenvalue weighted by molar-refractivity contribution is 0.254. The molecule has 0 fully saturated rings. The number of urea groups is 1. The monoisotopic (exact) mass is 447 g/mol. The molecule has 0 saturated carbocycles. The van der Waals surface area contributed by atoms with Crippen molar-refractivity contribution >= 4 is 29.4 Å². The number of benzene rings is 2. The Bertz CT molecular complexity index is 1140. The van der Waals surface area contributed by atoms with Crippen molar-refractivity contribution < 1.29 is 27.4 Å². The molecule has 1 aromatic heterocycles. The molecule has 0 N–H and O–H groups in total. The average molecular weight is 447 g/mol. The summed E-state index contributed by atoms with van der Waals surface area (Å²) in [5, 5.41) is 0. The second-order valence-electron chi connectivity index (χ2n) is 6.48. The van der Waals surface area contributed by atoms with Gasteiger partial charge in [-0.25, -0.2) is 27.3 Å². The van der Waals surface area contributed by atoms with Gasteiger partial charge >= 0.3 is 6.03 Å². The van der Waals surface area contributed by atoms with Crippen LogP contribution in [-0.4, -0.2) is 25.2 Å². The van der Waals surface area contributed by atoms with Crippen molar-refractivity contribution in [3.8, 4) is 11.6 Å². The van der Waals surface area contributed by atoms with Crippen molar-refractivity contribution in [2.75, 3.05) is 23.4 Å². The van der Waals surface area contributed by atoms with E-state index in [2.05, 4.69) is 4.98 Å². The lowest BCUT2D eigenvalue weighted by Crippen LogP contribution is -2.43. The number of methoxy groups -OCH3 is 2. The van der Waals surface area contributed by atoms with Crippen molar-refractivity contribution in [3.63, 3.8) is 0 Å². The molecule has 2 heterocycles. The van der Waals surface area contributed by atoms with Crippen LogP contribution in [0.3, 0.4) is 0 Å². The fourth-order valence-electron chi connectivity index (χ4n) is 3.14. The van der Waals surface area contributed by atoms with Crippen LogP contribution in [0.2, 0.25) is 0 Å². The van der Waals surface area contributed by atoms with Crippen LogP contribution in [0.1, 0.15) is 5.56 Å². The SMILES string of the molecule is COc1cc(N2Sc3ccccc3N(Cc3c(F)cc(F)cc3F)C2=O)cnc1OC. The van der Waals surface area contributed by atoms with E-state index < -0.39 is 35.6 Å². The summed E-state index contributed by atoms with van der Waals surface area (Å²) in [7, 11) is 2.88. The third-order valence-electron chi connectivity index (χ3n) is 4.62. The van der Waals surface area contributed by atoms with Gasteiger partial charge in [0.05, 0.1) is 43.2 Å². The summed E-state index contributed by atoms with van der Waals surface area (Å²) >= 11 is 1.13.